The fraction of sp³-hybridized carbons (Fsp3) is 0.158. The van der Waals surface area contributed by atoms with Gasteiger partial charge in [-0.25, -0.2) is 9.69 Å². The van der Waals surface area contributed by atoms with Gasteiger partial charge in [-0.05, 0) is 18.4 Å². The Balaban J connectivity index is 1.80. The van der Waals surface area contributed by atoms with Gasteiger partial charge in [0.1, 0.15) is 5.69 Å². The van der Waals surface area contributed by atoms with Gasteiger partial charge in [0.25, 0.3) is 17.4 Å². The predicted molar refractivity (Wildman–Crippen MR) is 94.8 cm³/mol. The molecule has 26 heavy (non-hydrogen) atoms. The second-order valence-corrected chi connectivity index (χ2v) is 6.11. The zero-order valence-corrected chi connectivity index (χ0v) is 13.8. The number of hydrogen-bond donors (Lipinski definition) is 1. The lowest BCUT2D eigenvalue weighted by molar-refractivity contribution is -0.119. The van der Waals surface area contributed by atoms with E-state index in [1.807, 2.05) is 6.07 Å². The van der Waals surface area contributed by atoms with Crippen LogP contribution < -0.4 is 16.1 Å². The molecule has 1 aliphatic heterocycles. The zero-order valence-electron chi connectivity index (χ0n) is 13.8. The van der Waals surface area contributed by atoms with E-state index in [4.69, 9.17) is 0 Å². The summed E-state index contributed by atoms with van der Waals surface area (Å²) in [6, 6.07) is 9.01. The fourth-order valence-electron chi connectivity index (χ4n) is 3.20. The topological polar surface area (TPSA) is 92.2 Å². The van der Waals surface area contributed by atoms with Crippen LogP contribution in [0.1, 0.15) is 18.4 Å². The quantitative estimate of drug-likeness (QED) is 0.840. The molecule has 0 spiro atoms. The molecule has 0 radical (unpaired) electrons. The first-order valence-electron chi connectivity index (χ1n) is 8.24. The molecular formula is C19H15N3O4. The number of nitrogens with zero attached hydrogens (tertiary/aromatic N) is 2. The van der Waals surface area contributed by atoms with Crippen molar-refractivity contribution in [2.45, 2.75) is 19.4 Å². The minimum absolute atomic E-state index is 0.0461. The lowest BCUT2D eigenvalue weighted by Gasteiger charge is -2.14. The first-order valence-corrected chi connectivity index (χ1v) is 8.24. The molecule has 2 aromatic rings. The van der Waals surface area contributed by atoms with Crippen LogP contribution in [0.5, 0.6) is 0 Å². The van der Waals surface area contributed by atoms with Gasteiger partial charge in [0.15, 0.2) is 0 Å². The van der Waals surface area contributed by atoms with E-state index in [1.165, 1.54) is 0 Å². The highest BCUT2D eigenvalue weighted by molar-refractivity contribution is 6.37. The number of aromatic nitrogens is 2. The highest BCUT2D eigenvalue weighted by atomic mass is 16.2. The minimum Gasteiger partial charge on any atom is -0.312 e. The second-order valence-electron chi connectivity index (χ2n) is 6.11. The number of amides is 2. The summed E-state index contributed by atoms with van der Waals surface area (Å²) in [5.41, 5.74) is -0.0262. The summed E-state index contributed by atoms with van der Waals surface area (Å²) in [5, 5.41) is 0. The molecule has 4 rings (SSSR count). The summed E-state index contributed by atoms with van der Waals surface area (Å²) in [5.74, 6) is -1.06. The Kier molecular flexibility index (Phi) is 3.76. The van der Waals surface area contributed by atoms with Crippen LogP contribution in [-0.2, 0) is 16.1 Å². The molecule has 130 valence electrons. The zero-order chi connectivity index (χ0) is 18.3. The van der Waals surface area contributed by atoms with Crippen molar-refractivity contribution in [2.75, 3.05) is 4.90 Å². The van der Waals surface area contributed by atoms with Crippen molar-refractivity contribution in [1.29, 1.82) is 0 Å². The average Bonchev–Trinajstić information content (AvgIpc) is 2.91. The van der Waals surface area contributed by atoms with Crippen LogP contribution >= 0.6 is 0 Å². The molecule has 0 bridgehead atoms. The number of fused-ring (bicyclic) bond motifs is 1. The number of aromatic amines is 1. The van der Waals surface area contributed by atoms with Crippen molar-refractivity contribution in [3.63, 3.8) is 0 Å². The first-order chi connectivity index (χ1) is 12.6. The standard InChI is InChI=1S/C19H15N3O4/c23-16-13-8-4-5-9-14(13)17(24)22(16)15-10-20-19(26)21(18(15)25)11-12-6-2-1-3-7-12/h1-3,6-10H,4-5,11H2,(H,20,26). The third kappa shape index (κ3) is 2.45. The van der Waals surface area contributed by atoms with Crippen molar-refractivity contribution >= 4 is 17.5 Å². The van der Waals surface area contributed by atoms with Crippen LogP contribution in [0.25, 0.3) is 0 Å². The smallest absolute Gasteiger partial charge is 0.312 e. The van der Waals surface area contributed by atoms with Crippen molar-refractivity contribution in [1.82, 2.24) is 9.55 Å². The maximum atomic E-state index is 12.8. The van der Waals surface area contributed by atoms with Crippen LogP contribution in [0.2, 0.25) is 0 Å². The van der Waals surface area contributed by atoms with Crippen LogP contribution in [0.3, 0.4) is 0 Å². The highest BCUT2D eigenvalue weighted by Crippen LogP contribution is 2.31. The third-order valence-electron chi connectivity index (χ3n) is 4.49. The molecule has 0 atom stereocenters. The number of nitrogens with one attached hydrogen (secondary N) is 1. The van der Waals surface area contributed by atoms with E-state index in [0.717, 1.165) is 21.2 Å². The summed E-state index contributed by atoms with van der Waals surface area (Å²) in [7, 11) is 0. The molecule has 2 amide bonds. The minimum atomic E-state index is -0.681. The van der Waals surface area contributed by atoms with Crippen molar-refractivity contribution in [2.24, 2.45) is 0 Å². The Labute approximate surface area is 147 Å². The van der Waals surface area contributed by atoms with E-state index < -0.39 is 23.1 Å². The molecule has 1 aliphatic carbocycles. The normalized spacial score (nSPS) is 16.4. The monoisotopic (exact) mass is 349 g/mol. The van der Waals surface area contributed by atoms with Crippen molar-refractivity contribution in [3.05, 3.63) is 86.2 Å². The van der Waals surface area contributed by atoms with Gasteiger partial charge in [0.2, 0.25) is 0 Å². The fourth-order valence-corrected chi connectivity index (χ4v) is 3.20. The van der Waals surface area contributed by atoms with Gasteiger partial charge in [-0.3, -0.25) is 19.0 Å². The van der Waals surface area contributed by atoms with E-state index in [0.29, 0.717) is 24.0 Å². The SMILES string of the molecule is O=C1C2=CCCC=C2C(=O)N1c1c[nH]c(=O)n(Cc2ccccc2)c1=O. The molecule has 7 nitrogen and oxygen atoms in total. The van der Waals surface area contributed by atoms with Crippen LogP contribution in [0, 0.1) is 0 Å². The summed E-state index contributed by atoms with van der Waals surface area (Å²) in [6.07, 6.45) is 5.90. The van der Waals surface area contributed by atoms with Crippen molar-refractivity contribution in [3.8, 4) is 0 Å². The summed E-state index contributed by atoms with van der Waals surface area (Å²) >= 11 is 0. The van der Waals surface area contributed by atoms with Gasteiger partial charge in [-0.1, -0.05) is 42.5 Å². The summed E-state index contributed by atoms with van der Waals surface area (Å²) < 4.78 is 0.982. The Morgan fingerprint density at radius 1 is 0.885 bits per heavy atom. The number of imide groups is 1. The number of carbonyl (C=O) groups is 2. The number of carbonyl (C=O) groups excluding carboxylic acids is 2. The predicted octanol–water partition coefficient (Wildman–Crippen LogP) is 1.10. The molecule has 1 N–H and O–H groups in total. The molecule has 1 saturated heterocycles. The maximum Gasteiger partial charge on any atom is 0.328 e. The summed E-state index contributed by atoms with van der Waals surface area (Å²) in [6.45, 7) is 0.0461. The van der Waals surface area contributed by atoms with Gasteiger partial charge in [-0.2, -0.15) is 0 Å². The molecule has 7 heteroatoms. The van der Waals surface area contributed by atoms with Crippen LogP contribution in [-0.4, -0.2) is 21.4 Å². The number of allylic oxidation sites excluding steroid dienone is 2. The van der Waals surface area contributed by atoms with E-state index in [1.54, 1.807) is 36.4 Å². The lowest BCUT2D eigenvalue weighted by atomic mass is 10.0. The van der Waals surface area contributed by atoms with Crippen LogP contribution in [0.15, 0.2) is 69.4 Å². The first kappa shape index (κ1) is 16.0. The Bertz CT molecular complexity index is 1060. The molecule has 1 fully saturated rings. The Morgan fingerprint density at radius 2 is 1.50 bits per heavy atom. The van der Waals surface area contributed by atoms with E-state index in [9.17, 15) is 19.2 Å². The highest BCUT2D eigenvalue weighted by Gasteiger charge is 2.41. The van der Waals surface area contributed by atoms with Crippen LogP contribution in [0.4, 0.5) is 5.69 Å². The number of benzene rings is 1. The Hall–Kier alpha value is -3.48. The number of anilines is 1. The Morgan fingerprint density at radius 3 is 2.12 bits per heavy atom. The molecule has 0 unspecified atom stereocenters. The van der Waals surface area contributed by atoms with E-state index >= 15 is 0 Å². The van der Waals surface area contributed by atoms with Gasteiger partial charge in [0, 0.05) is 17.3 Å². The average molecular weight is 349 g/mol. The van der Waals surface area contributed by atoms with Gasteiger partial charge in [0.05, 0.1) is 6.54 Å². The number of rotatable bonds is 3. The largest absolute Gasteiger partial charge is 0.328 e. The molecule has 0 saturated carbocycles. The molecule has 2 aliphatic rings. The number of hydrogen-bond acceptors (Lipinski definition) is 4. The molecule has 1 aromatic heterocycles. The lowest BCUT2D eigenvalue weighted by Crippen LogP contribution is -2.41. The van der Waals surface area contributed by atoms with E-state index in [-0.39, 0.29) is 12.2 Å². The van der Waals surface area contributed by atoms with Crippen molar-refractivity contribution < 1.29 is 9.59 Å². The summed E-state index contributed by atoms with van der Waals surface area (Å²) in [4.78, 5) is 53.5. The van der Waals surface area contributed by atoms with Gasteiger partial charge < -0.3 is 4.98 Å². The second kappa shape index (κ2) is 6.11. The van der Waals surface area contributed by atoms with Gasteiger partial charge >= 0.3 is 5.69 Å². The molecule has 1 aromatic carbocycles. The van der Waals surface area contributed by atoms with Gasteiger partial charge in [-0.15, -0.1) is 0 Å². The maximum absolute atomic E-state index is 12.8. The molecular weight excluding hydrogens is 334 g/mol. The number of H-pyrrole nitrogens is 1. The molecule has 2 heterocycles. The third-order valence-corrected chi connectivity index (χ3v) is 4.49. The van der Waals surface area contributed by atoms with E-state index in [2.05, 4.69) is 4.98 Å².